The Hall–Kier alpha value is -2.01. The Morgan fingerprint density at radius 2 is 1.67 bits per heavy atom. The first kappa shape index (κ1) is 15.4. The second-order valence-corrected chi connectivity index (χ2v) is 4.77. The number of rotatable bonds is 5. The van der Waals surface area contributed by atoms with Gasteiger partial charge in [0.1, 0.15) is 0 Å². The third kappa shape index (κ3) is 3.76. The van der Waals surface area contributed by atoms with Gasteiger partial charge in [0.2, 0.25) is 0 Å². The number of benzene rings is 2. The molecule has 0 fully saturated rings. The van der Waals surface area contributed by atoms with Crippen LogP contribution in [0.1, 0.15) is 16.8 Å². The average molecular weight is 314 g/mol. The van der Waals surface area contributed by atoms with E-state index >= 15 is 0 Å². The molecule has 2 aromatic carbocycles. The summed E-state index contributed by atoms with van der Waals surface area (Å²) in [6.07, 6.45) is 0.0834. The van der Waals surface area contributed by atoms with Gasteiger partial charge in [0.15, 0.2) is 23.2 Å². The molecule has 0 spiro atoms. The molecule has 6 heteroatoms. The lowest BCUT2D eigenvalue weighted by atomic mass is 10.1. The molecule has 0 aliphatic carbocycles. The van der Waals surface area contributed by atoms with Crippen molar-refractivity contribution >= 4 is 23.1 Å². The molecule has 0 aliphatic heterocycles. The van der Waals surface area contributed by atoms with Gasteiger partial charge in [-0.1, -0.05) is 11.6 Å². The van der Waals surface area contributed by atoms with Crippen LogP contribution in [0, 0.1) is 17.5 Å². The highest BCUT2D eigenvalue weighted by Crippen LogP contribution is 2.19. The zero-order chi connectivity index (χ0) is 15.4. The van der Waals surface area contributed by atoms with Crippen LogP contribution in [0.15, 0.2) is 36.4 Å². The summed E-state index contributed by atoms with van der Waals surface area (Å²) < 4.78 is 39.1. The van der Waals surface area contributed by atoms with Gasteiger partial charge in [0, 0.05) is 23.6 Å². The fourth-order valence-corrected chi connectivity index (χ4v) is 1.88. The maximum Gasteiger partial charge on any atom is 0.196 e. The predicted molar refractivity (Wildman–Crippen MR) is 75.2 cm³/mol. The summed E-state index contributed by atoms with van der Waals surface area (Å²) in [7, 11) is 0. The number of carbonyl (C=O) groups is 1. The molecule has 1 N–H and O–H groups in total. The van der Waals surface area contributed by atoms with Crippen molar-refractivity contribution in [1.82, 2.24) is 0 Å². The molecule has 0 amide bonds. The van der Waals surface area contributed by atoms with Crippen molar-refractivity contribution in [2.24, 2.45) is 0 Å². The van der Waals surface area contributed by atoms with E-state index in [-0.39, 0.29) is 24.4 Å². The molecule has 0 bridgehead atoms. The molecule has 0 atom stereocenters. The lowest BCUT2D eigenvalue weighted by Crippen LogP contribution is -2.10. The number of halogens is 4. The van der Waals surface area contributed by atoms with Gasteiger partial charge in [-0.05, 0) is 36.4 Å². The number of nitrogens with one attached hydrogen (secondary N) is 1. The monoisotopic (exact) mass is 313 g/mol. The molecule has 2 aromatic rings. The molecule has 2 nitrogen and oxygen atoms in total. The summed E-state index contributed by atoms with van der Waals surface area (Å²) in [5.41, 5.74) is 0.296. The van der Waals surface area contributed by atoms with Crippen molar-refractivity contribution in [3.63, 3.8) is 0 Å². The molecule has 0 radical (unpaired) electrons. The Morgan fingerprint density at radius 1 is 1.00 bits per heavy atom. The van der Waals surface area contributed by atoms with Crippen molar-refractivity contribution in [3.05, 3.63) is 64.4 Å². The smallest absolute Gasteiger partial charge is 0.196 e. The Morgan fingerprint density at radius 3 is 2.33 bits per heavy atom. The quantitative estimate of drug-likeness (QED) is 0.653. The third-order valence-corrected chi connectivity index (χ3v) is 3.12. The van der Waals surface area contributed by atoms with Crippen molar-refractivity contribution in [2.75, 3.05) is 11.9 Å². The molecule has 0 aliphatic rings. The fourth-order valence-electron chi connectivity index (χ4n) is 1.75. The number of ketones is 1. The van der Waals surface area contributed by atoms with Gasteiger partial charge in [0.05, 0.1) is 5.69 Å². The number of anilines is 1. The lowest BCUT2D eigenvalue weighted by Gasteiger charge is -2.08. The van der Waals surface area contributed by atoms with E-state index in [9.17, 15) is 18.0 Å². The summed E-state index contributed by atoms with van der Waals surface area (Å²) in [5.74, 6) is -4.25. The maximum atomic E-state index is 13.4. The molecule has 0 aromatic heterocycles. The van der Waals surface area contributed by atoms with Crippen LogP contribution in [0.4, 0.5) is 18.9 Å². The number of carbonyl (C=O) groups excluding carboxylic acids is 1. The SMILES string of the molecule is O=C(CCNc1ccc(F)c(F)c1F)c1ccc(Cl)cc1. The molecule has 0 saturated carbocycles. The van der Waals surface area contributed by atoms with Gasteiger partial charge >= 0.3 is 0 Å². The van der Waals surface area contributed by atoms with Crippen LogP contribution in [0.3, 0.4) is 0 Å². The first-order valence-electron chi connectivity index (χ1n) is 6.15. The average Bonchev–Trinajstić information content (AvgIpc) is 2.48. The van der Waals surface area contributed by atoms with Crippen molar-refractivity contribution < 1.29 is 18.0 Å². The lowest BCUT2D eigenvalue weighted by molar-refractivity contribution is 0.0986. The minimum absolute atomic E-state index is 0.0834. The maximum absolute atomic E-state index is 13.4. The van der Waals surface area contributed by atoms with E-state index in [0.717, 1.165) is 12.1 Å². The van der Waals surface area contributed by atoms with Crippen LogP contribution in [-0.4, -0.2) is 12.3 Å². The molecule has 0 unspecified atom stereocenters. The van der Waals surface area contributed by atoms with E-state index in [2.05, 4.69) is 5.32 Å². The van der Waals surface area contributed by atoms with E-state index in [4.69, 9.17) is 11.6 Å². The van der Waals surface area contributed by atoms with E-state index in [1.807, 2.05) is 0 Å². The molecular weight excluding hydrogens is 303 g/mol. The van der Waals surface area contributed by atoms with Crippen LogP contribution in [0.5, 0.6) is 0 Å². The molecule has 2 rings (SSSR count). The van der Waals surface area contributed by atoms with Crippen LogP contribution < -0.4 is 5.32 Å². The largest absolute Gasteiger partial charge is 0.382 e. The molecular formula is C15H11ClF3NO. The second kappa shape index (κ2) is 6.63. The summed E-state index contributed by atoms with van der Waals surface area (Å²) >= 11 is 5.71. The normalized spacial score (nSPS) is 10.5. The molecule has 0 saturated heterocycles. The van der Waals surface area contributed by atoms with Crippen LogP contribution in [-0.2, 0) is 0 Å². The van der Waals surface area contributed by atoms with Gasteiger partial charge in [-0.25, -0.2) is 13.2 Å². The Labute approximate surface area is 124 Å². The van der Waals surface area contributed by atoms with Crippen molar-refractivity contribution in [3.8, 4) is 0 Å². The van der Waals surface area contributed by atoms with Gasteiger partial charge in [0.25, 0.3) is 0 Å². The van der Waals surface area contributed by atoms with E-state index in [1.54, 1.807) is 24.3 Å². The summed E-state index contributed by atoms with van der Waals surface area (Å²) in [5, 5.41) is 3.09. The zero-order valence-electron chi connectivity index (χ0n) is 10.8. The highest BCUT2D eigenvalue weighted by atomic mass is 35.5. The first-order valence-corrected chi connectivity index (χ1v) is 6.53. The fraction of sp³-hybridized carbons (Fsp3) is 0.133. The van der Waals surface area contributed by atoms with Gasteiger partial charge in [-0.2, -0.15) is 0 Å². The molecule has 0 heterocycles. The summed E-state index contributed by atoms with van der Waals surface area (Å²) in [4.78, 5) is 11.8. The van der Waals surface area contributed by atoms with Crippen molar-refractivity contribution in [1.29, 1.82) is 0 Å². The Balaban J connectivity index is 1.94. The van der Waals surface area contributed by atoms with Crippen molar-refractivity contribution in [2.45, 2.75) is 6.42 Å². The van der Waals surface area contributed by atoms with E-state index in [1.165, 1.54) is 0 Å². The van der Waals surface area contributed by atoms with Crippen LogP contribution >= 0.6 is 11.6 Å². The van der Waals surface area contributed by atoms with Crippen LogP contribution in [0.2, 0.25) is 5.02 Å². The minimum atomic E-state index is -1.54. The first-order chi connectivity index (χ1) is 9.99. The van der Waals surface area contributed by atoms with Gasteiger partial charge in [-0.15, -0.1) is 0 Å². The van der Waals surface area contributed by atoms with E-state index < -0.39 is 17.5 Å². The topological polar surface area (TPSA) is 29.1 Å². The number of Topliss-reactive ketones (excluding diaryl/α,β-unsaturated/α-hetero) is 1. The highest BCUT2D eigenvalue weighted by Gasteiger charge is 2.13. The predicted octanol–water partition coefficient (Wildman–Crippen LogP) is 4.44. The molecule has 21 heavy (non-hydrogen) atoms. The number of hydrogen-bond acceptors (Lipinski definition) is 2. The number of hydrogen-bond donors (Lipinski definition) is 1. The minimum Gasteiger partial charge on any atom is -0.382 e. The van der Waals surface area contributed by atoms with Crippen LogP contribution in [0.25, 0.3) is 0 Å². The highest BCUT2D eigenvalue weighted by molar-refractivity contribution is 6.30. The Bertz CT molecular complexity index is 659. The van der Waals surface area contributed by atoms with Gasteiger partial charge < -0.3 is 5.32 Å². The standard InChI is InChI=1S/C15H11ClF3NO/c16-10-3-1-9(2-4-10)13(21)7-8-20-12-6-5-11(17)14(18)15(12)19/h1-6,20H,7-8H2. The molecule has 110 valence electrons. The third-order valence-electron chi connectivity index (χ3n) is 2.87. The van der Waals surface area contributed by atoms with E-state index in [0.29, 0.717) is 10.6 Å². The Kier molecular flexibility index (Phi) is 4.85. The second-order valence-electron chi connectivity index (χ2n) is 4.33. The summed E-state index contributed by atoms with van der Waals surface area (Å²) in [6.45, 7) is 0.101. The summed E-state index contributed by atoms with van der Waals surface area (Å²) in [6, 6.07) is 8.27. The van der Waals surface area contributed by atoms with Gasteiger partial charge in [-0.3, -0.25) is 4.79 Å². The zero-order valence-corrected chi connectivity index (χ0v) is 11.6.